The summed E-state index contributed by atoms with van der Waals surface area (Å²) < 4.78 is 0. The number of rotatable bonds is 3. The molecule has 0 bridgehead atoms. The van der Waals surface area contributed by atoms with Gasteiger partial charge in [0.2, 0.25) is 0 Å². The van der Waals surface area contributed by atoms with Crippen molar-refractivity contribution in [2.75, 3.05) is 5.32 Å². The Bertz CT molecular complexity index is 927. The van der Waals surface area contributed by atoms with E-state index in [1.54, 1.807) is 18.2 Å². The highest BCUT2D eigenvalue weighted by Gasteiger charge is 2.31. The average Bonchev–Trinajstić information content (AvgIpc) is 2.57. The van der Waals surface area contributed by atoms with E-state index in [4.69, 9.17) is 35.4 Å². The van der Waals surface area contributed by atoms with Gasteiger partial charge in [0.1, 0.15) is 0 Å². The summed E-state index contributed by atoms with van der Waals surface area (Å²) in [4.78, 5) is 13.1. The molecule has 0 spiro atoms. The molecule has 26 heavy (non-hydrogen) atoms. The summed E-state index contributed by atoms with van der Waals surface area (Å²) in [5.41, 5.74) is 3.56. The number of nitrogens with one attached hydrogen (secondary N) is 3. The van der Waals surface area contributed by atoms with E-state index in [-0.39, 0.29) is 5.91 Å². The molecule has 0 fully saturated rings. The number of amides is 1. The maximum absolute atomic E-state index is 13.1. The summed E-state index contributed by atoms with van der Waals surface area (Å²) in [5, 5.41) is 10.7. The Hall–Kier alpha value is -2.08. The molecule has 3 N–H and O–H groups in total. The zero-order valence-electron chi connectivity index (χ0n) is 14.2. The van der Waals surface area contributed by atoms with E-state index in [0.717, 1.165) is 11.1 Å². The van der Waals surface area contributed by atoms with E-state index < -0.39 is 6.04 Å². The molecule has 0 aromatic heterocycles. The van der Waals surface area contributed by atoms with E-state index in [0.29, 0.717) is 32.1 Å². The first kappa shape index (κ1) is 18.7. The number of anilines is 1. The zero-order valence-corrected chi connectivity index (χ0v) is 16.5. The lowest BCUT2D eigenvalue weighted by Crippen LogP contribution is -2.45. The zero-order chi connectivity index (χ0) is 18.8. The maximum Gasteiger partial charge on any atom is 0.255 e. The molecule has 7 heteroatoms. The first-order valence-corrected chi connectivity index (χ1v) is 9.13. The second-order valence-corrected chi connectivity index (χ2v) is 7.26. The largest absolute Gasteiger partial charge is 0.351 e. The van der Waals surface area contributed by atoms with Gasteiger partial charge in [-0.1, -0.05) is 47.5 Å². The molecule has 3 rings (SSSR count). The van der Waals surface area contributed by atoms with Crippen molar-refractivity contribution in [1.82, 2.24) is 10.6 Å². The van der Waals surface area contributed by atoms with Crippen LogP contribution in [0.3, 0.4) is 0 Å². The van der Waals surface area contributed by atoms with Crippen LogP contribution in [0.2, 0.25) is 10.0 Å². The van der Waals surface area contributed by atoms with Crippen molar-refractivity contribution in [3.8, 4) is 0 Å². The summed E-state index contributed by atoms with van der Waals surface area (Å²) in [6.07, 6.45) is 0. The van der Waals surface area contributed by atoms with Crippen LogP contribution < -0.4 is 16.0 Å². The number of thiocarbonyl (C=S) groups is 1. The van der Waals surface area contributed by atoms with E-state index in [1.807, 2.05) is 38.1 Å². The van der Waals surface area contributed by atoms with Crippen molar-refractivity contribution in [3.63, 3.8) is 0 Å². The number of benzene rings is 2. The van der Waals surface area contributed by atoms with Crippen LogP contribution in [0.1, 0.15) is 24.1 Å². The fourth-order valence-electron chi connectivity index (χ4n) is 2.86. The Morgan fingerprint density at radius 3 is 2.62 bits per heavy atom. The lowest BCUT2D eigenvalue weighted by molar-refractivity contribution is -0.113. The first-order valence-electron chi connectivity index (χ1n) is 7.97. The highest BCUT2D eigenvalue weighted by Crippen LogP contribution is 2.32. The highest BCUT2D eigenvalue weighted by atomic mass is 35.5. The van der Waals surface area contributed by atoms with Gasteiger partial charge in [0.25, 0.3) is 5.91 Å². The van der Waals surface area contributed by atoms with E-state index in [2.05, 4.69) is 16.0 Å². The van der Waals surface area contributed by atoms with Gasteiger partial charge in [0.05, 0.1) is 11.6 Å². The Kier molecular flexibility index (Phi) is 5.51. The van der Waals surface area contributed by atoms with Crippen molar-refractivity contribution in [3.05, 3.63) is 74.9 Å². The third kappa shape index (κ3) is 3.85. The van der Waals surface area contributed by atoms with Crippen LogP contribution >= 0.6 is 35.4 Å². The second kappa shape index (κ2) is 7.66. The molecule has 1 atom stereocenters. The van der Waals surface area contributed by atoms with Gasteiger partial charge in [-0.05, 0) is 55.4 Å². The molecule has 134 valence electrons. The topological polar surface area (TPSA) is 53.2 Å². The molecular formula is C19H17Cl2N3OS. The number of allylic oxidation sites excluding steroid dienone is 1. The van der Waals surface area contributed by atoms with Gasteiger partial charge in [0, 0.05) is 21.4 Å². The molecular weight excluding hydrogens is 389 g/mol. The third-order valence-electron chi connectivity index (χ3n) is 4.18. The van der Waals surface area contributed by atoms with E-state index >= 15 is 0 Å². The van der Waals surface area contributed by atoms with E-state index in [1.165, 1.54) is 0 Å². The van der Waals surface area contributed by atoms with Gasteiger partial charge >= 0.3 is 0 Å². The van der Waals surface area contributed by atoms with Crippen LogP contribution in [0.5, 0.6) is 0 Å². The minimum Gasteiger partial charge on any atom is -0.351 e. The maximum atomic E-state index is 13.1. The van der Waals surface area contributed by atoms with Gasteiger partial charge < -0.3 is 16.0 Å². The van der Waals surface area contributed by atoms with E-state index in [9.17, 15) is 4.79 Å². The molecule has 1 heterocycles. The van der Waals surface area contributed by atoms with Crippen LogP contribution in [0.25, 0.3) is 0 Å². The van der Waals surface area contributed by atoms with Crippen molar-refractivity contribution in [1.29, 1.82) is 0 Å². The SMILES string of the molecule is CC1=C(C(=O)Nc2cc(Cl)ccc2C)[C@H](c2ccccc2Cl)NC(=S)N1. The third-order valence-corrected chi connectivity index (χ3v) is 4.98. The Balaban J connectivity index is 2.00. The molecule has 1 aliphatic rings. The first-order chi connectivity index (χ1) is 12.4. The molecule has 0 saturated heterocycles. The van der Waals surface area contributed by atoms with Gasteiger partial charge in [0.15, 0.2) is 5.11 Å². The summed E-state index contributed by atoms with van der Waals surface area (Å²) >= 11 is 17.7. The smallest absolute Gasteiger partial charge is 0.255 e. The molecule has 0 unspecified atom stereocenters. The van der Waals surface area contributed by atoms with Crippen molar-refractivity contribution in [2.24, 2.45) is 0 Å². The summed E-state index contributed by atoms with van der Waals surface area (Å²) in [6.45, 7) is 3.72. The minimum atomic E-state index is -0.447. The fourth-order valence-corrected chi connectivity index (χ4v) is 3.54. The lowest BCUT2D eigenvalue weighted by Gasteiger charge is -2.31. The molecule has 2 aromatic rings. The molecule has 2 aromatic carbocycles. The highest BCUT2D eigenvalue weighted by molar-refractivity contribution is 7.80. The molecule has 0 radical (unpaired) electrons. The van der Waals surface area contributed by atoms with Crippen molar-refractivity contribution in [2.45, 2.75) is 19.9 Å². The monoisotopic (exact) mass is 405 g/mol. The van der Waals surface area contributed by atoms with Crippen molar-refractivity contribution >= 4 is 52.1 Å². The van der Waals surface area contributed by atoms with Crippen molar-refractivity contribution < 1.29 is 4.79 Å². The second-order valence-electron chi connectivity index (χ2n) is 6.01. The molecule has 4 nitrogen and oxygen atoms in total. The molecule has 0 aliphatic carbocycles. The van der Waals surface area contributed by atoms with Gasteiger partial charge in [-0.25, -0.2) is 0 Å². The van der Waals surface area contributed by atoms with Crippen LogP contribution in [-0.2, 0) is 4.79 Å². The number of hydrogen-bond donors (Lipinski definition) is 3. The van der Waals surface area contributed by atoms with Gasteiger partial charge in [-0.15, -0.1) is 0 Å². The minimum absolute atomic E-state index is 0.250. The molecule has 1 aliphatic heterocycles. The fraction of sp³-hybridized carbons (Fsp3) is 0.158. The number of halogens is 2. The standard InChI is InChI=1S/C19H17Cl2N3OS/c1-10-7-8-12(20)9-15(10)23-18(25)16-11(2)22-19(26)24-17(16)13-5-3-4-6-14(13)21/h3-9,17H,1-2H3,(H,23,25)(H2,22,24,26)/t17-/m0/s1. The van der Waals surface area contributed by atoms with Crippen LogP contribution in [-0.4, -0.2) is 11.0 Å². The van der Waals surface area contributed by atoms with Crippen LogP contribution in [0.15, 0.2) is 53.7 Å². The van der Waals surface area contributed by atoms with Gasteiger partial charge in [-0.3, -0.25) is 4.79 Å². The predicted molar refractivity (Wildman–Crippen MR) is 111 cm³/mol. The predicted octanol–water partition coefficient (Wildman–Crippen LogP) is 4.73. The summed E-state index contributed by atoms with van der Waals surface area (Å²) in [7, 11) is 0. The molecule has 0 saturated carbocycles. The Labute approximate surface area is 167 Å². The lowest BCUT2D eigenvalue weighted by atomic mass is 9.94. The summed E-state index contributed by atoms with van der Waals surface area (Å²) in [5.74, 6) is -0.250. The Morgan fingerprint density at radius 2 is 1.88 bits per heavy atom. The number of carbonyl (C=O) groups excluding carboxylic acids is 1. The van der Waals surface area contributed by atoms with Crippen LogP contribution in [0.4, 0.5) is 5.69 Å². The number of aryl methyl sites for hydroxylation is 1. The number of hydrogen-bond acceptors (Lipinski definition) is 2. The normalized spacial score (nSPS) is 16.8. The quantitative estimate of drug-likeness (QED) is 0.645. The number of carbonyl (C=O) groups is 1. The Morgan fingerprint density at radius 1 is 1.15 bits per heavy atom. The summed E-state index contributed by atoms with van der Waals surface area (Å²) in [6, 6.07) is 12.3. The van der Waals surface area contributed by atoms with Crippen LogP contribution in [0, 0.1) is 6.92 Å². The average molecular weight is 406 g/mol. The molecule has 1 amide bonds. The van der Waals surface area contributed by atoms with Gasteiger partial charge in [-0.2, -0.15) is 0 Å².